The lowest BCUT2D eigenvalue weighted by molar-refractivity contribution is -0.0513. The zero-order valence-electron chi connectivity index (χ0n) is 10.0. The Morgan fingerprint density at radius 1 is 1.27 bits per heavy atom. The number of rotatable bonds is 4. The van der Waals surface area contributed by atoms with E-state index in [1.165, 1.54) is 0 Å². The second-order valence-electron chi connectivity index (χ2n) is 5.02. The highest BCUT2D eigenvalue weighted by Gasteiger charge is 2.37. The summed E-state index contributed by atoms with van der Waals surface area (Å²) in [5.41, 5.74) is 0. The molecule has 0 saturated heterocycles. The fraction of sp³-hybridized carbons (Fsp3) is 1.00. The van der Waals surface area contributed by atoms with Gasteiger partial charge in [0.05, 0.1) is 0 Å². The van der Waals surface area contributed by atoms with Crippen molar-refractivity contribution in [1.82, 2.24) is 5.32 Å². The Morgan fingerprint density at radius 3 is 2.20 bits per heavy atom. The monoisotopic (exact) mass is 219 g/mol. The molecule has 1 aliphatic rings. The lowest BCUT2D eigenvalue weighted by atomic mass is 9.78. The van der Waals surface area contributed by atoms with Gasteiger partial charge >= 0.3 is 0 Å². The van der Waals surface area contributed by atoms with Gasteiger partial charge in [-0.05, 0) is 31.2 Å². The van der Waals surface area contributed by atoms with Gasteiger partial charge in [-0.15, -0.1) is 0 Å². The third kappa shape index (κ3) is 3.71. The molecule has 1 atom stereocenters. The van der Waals surface area contributed by atoms with Crippen LogP contribution in [-0.4, -0.2) is 18.5 Å². The fourth-order valence-corrected chi connectivity index (χ4v) is 2.60. The van der Waals surface area contributed by atoms with Crippen molar-refractivity contribution in [3.8, 4) is 0 Å². The molecule has 0 spiro atoms. The van der Waals surface area contributed by atoms with Crippen LogP contribution in [0.25, 0.3) is 0 Å². The molecule has 0 heterocycles. The SMILES string of the molecule is CCNC(C(C)C)C1CCC(F)(F)CC1. The maximum atomic E-state index is 13.0. The lowest BCUT2D eigenvalue weighted by Gasteiger charge is -2.36. The van der Waals surface area contributed by atoms with E-state index in [0.717, 1.165) is 6.54 Å². The minimum absolute atomic E-state index is 0.0757. The van der Waals surface area contributed by atoms with E-state index < -0.39 is 5.92 Å². The van der Waals surface area contributed by atoms with E-state index in [4.69, 9.17) is 0 Å². The standard InChI is InChI=1S/C12H23F2N/c1-4-15-11(9(2)3)10-5-7-12(13,14)8-6-10/h9-11,15H,4-8H2,1-3H3. The van der Waals surface area contributed by atoms with E-state index >= 15 is 0 Å². The van der Waals surface area contributed by atoms with Crippen LogP contribution in [0.15, 0.2) is 0 Å². The van der Waals surface area contributed by atoms with E-state index in [1.807, 2.05) is 0 Å². The van der Waals surface area contributed by atoms with Crippen molar-refractivity contribution in [3.05, 3.63) is 0 Å². The molecule has 15 heavy (non-hydrogen) atoms. The van der Waals surface area contributed by atoms with Gasteiger partial charge in [0.1, 0.15) is 0 Å². The van der Waals surface area contributed by atoms with Gasteiger partial charge in [-0.3, -0.25) is 0 Å². The van der Waals surface area contributed by atoms with Gasteiger partial charge in [0.25, 0.3) is 0 Å². The Morgan fingerprint density at radius 2 is 1.80 bits per heavy atom. The quantitative estimate of drug-likeness (QED) is 0.763. The second-order valence-corrected chi connectivity index (χ2v) is 5.02. The summed E-state index contributed by atoms with van der Waals surface area (Å²) in [5, 5.41) is 3.43. The molecule has 1 unspecified atom stereocenters. The van der Waals surface area contributed by atoms with Crippen molar-refractivity contribution in [2.24, 2.45) is 11.8 Å². The van der Waals surface area contributed by atoms with Crippen LogP contribution in [0.4, 0.5) is 8.78 Å². The molecule has 0 aromatic heterocycles. The summed E-state index contributed by atoms with van der Waals surface area (Å²) >= 11 is 0. The molecule has 0 aromatic carbocycles. The Hall–Kier alpha value is -0.180. The van der Waals surface area contributed by atoms with Crippen LogP contribution in [0.1, 0.15) is 46.5 Å². The van der Waals surface area contributed by atoms with Crippen molar-refractivity contribution in [2.75, 3.05) is 6.54 Å². The summed E-state index contributed by atoms with van der Waals surface area (Å²) in [7, 11) is 0. The number of hydrogen-bond donors (Lipinski definition) is 1. The first kappa shape index (κ1) is 12.9. The van der Waals surface area contributed by atoms with Crippen molar-refractivity contribution in [1.29, 1.82) is 0 Å². The zero-order chi connectivity index (χ0) is 11.5. The largest absolute Gasteiger partial charge is 0.314 e. The molecule has 90 valence electrons. The smallest absolute Gasteiger partial charge is 0.248 e. The highest BCUT2D eigenvalue weighted by Crippen LogP contribution is 2.38. The average Bonchev–Trinajstić information content (AvgIpc) is 2.14. The highest BCUT2D eigenvalue weighted by atomic mass is 19.3. The van der Waals surface area contributed by atoms with Crippen molar-refractivity contribution >= 4 is 0 Å². The maximum Gasteiger partial charge on any atom is 0.248 e. The van der Waals surface area contributed by atoms with E-state index in [1.54, 1.807) is 0 Å². The van der Waals surface area contributed by atoms with Crippen molar-refractivity contribution in [3.63, 3.8) is 0 Å². The number of nitrogens with one attached hydrogen (secondary N) is 1. The van der Waals surface area contributed by atoms with E-state index in [-0.39, 0.29) is 12.8 Å². The first-order valence-electron chi connectivity index (χ1n) is 6.07. The fourth-order valence-electron chi connectivity index (χ4n) is 2.60. The molecule has 1 fully saturated rings. The third-order valence-electron chi connectivity index (χ3n) is 3.43. The van der Waals surface area contributed by atoms with Crippen LogP contribution in [-0.2, 0) is 0 Å². The minimum Gasteiger partial charge on any atom is -0.314 e. The number of halogens is 2. The van der Waals surface area contributed by atoms with Crippen molar-refractivity contribution < 1.29 is 8.78 Å². The lowest BCUT2D eigenvalue weighted by Crippen LogP contribution is -2.43. The predicted octanol–water partition coefficient (Wildman–Crippen LogP) is 3.45. The summed E-state index contributed by atoms with van der Waals surface area (Å²) in [6.07, 6.45) is 1.49. The van der Waals surface area contributed by atoms with Crippen LogP contribution in [0.2, 0.25) is 0 Å². The zero-order valence-corrected chi connectivity index (χ0v) is 10.0. The minimum atomic E-state index is -2.40. The van der Waals surface area contributed by atoms with Crippen LogP contribution < -0.4 is 5.32 Å². The van der Waals surface area contributed by atoms with E-state index in [0.29, 0.717) is 30.7 Å². The predicted molar refractivity (Wildman–Crippen MR) is 59.2 cm³/mol. The Kier molecular flexibility index (Phi) is 4.50. The topological polar surface area (TPSA) is 12.0 Å². The Labute approximate surface area is 91.6 Å². The molecule has 1 saturated carbocycles. The molecular weight excluding hydrogens is 196 g/mol. The molecule has 1 rings (SSSR count). The van der Waals surface area contributed by atoms with Crippen LogP contribution in [0, 0.1) is 11.8 Å². The molecule has 0 bridgehead atoms. The Bertz CT molecular complexity index is 182. The molecule has 1 aliphatic carbocycles. The van der Waals surface area contributed by atoms with Gasteiger partial charge < -0.3 is 5.32 Å². The summed E-state index contributed by atoms with van der Waals surface area (Å²) in [6.45, 7) is 7.34. The summed E-state index contributed by atoms with van der Waals surface area (Å²) in [4.78, 5) is 0. The molecule has 0 amide bonds. The van der Waals surface area contributed by atoms with Gasteiger partial charge in [0.2, 0.25) is 5.92 Å². The van der Waals surface area contributed by atoms with E-state index in [9.17, 15) is 8.78 Å². The number of alkyl halides is 2. The van der Waals surface area contributed by atoms with E-state index in [2.05, 4.69) is 26.1 Å². The van der Waals surface area contributed by atoms with Gasteiger partial charge in [0, 0.05) is 18.9 Å². The summed E-state index contributed by atoms with van der Waals surface area (Å²) in [5.74, 6) is -1.43. The first-order chi connectivity index (χ1) is 6.96. The van der Waals surface area contributed by atoms with Crippen LogP contribution in [0.3, 0.4) is 0 Å². The number of hydrogen-bond acceptors (Lipinski definition) is 1. The summed E-state index contributed by atoms with van der Waals surface area (Å²) < 4.78 is 26.0. The van der Waals surface area contributed by atoms with Gasteiger partial charge in [-0.25, -0.2) is 8.78 Å². The normalized spacial score (nSPS) is 24.4. The van der Waals surface area contributed by atoms with Gasteiger partial charge in [-0.1, -0.05) is 20.8 Å². The maximum absolute atomic E-state index is 13.0. The summed E-state index contributed by atoms with van der Waals surface area (Å²) in [6, 6.07) is 0.408. The van der Waals surface area contributed by atoms with Gasteiger partial charge in [0.15, 0.2) is 0 Å². The first-order valence-corrected chi connectivity index (χ1v) is 6.07. The Balaban J connectivity index is 2.49. The van der Waals surface area contributed by atoms with Crippen LogP contribution in [0.5, 0.6) is 0 Å². The average molecular weight is 219 g/mol. The molecule has 0 aliphatic heterocycles. The highest BCUT2D eigenvalue weighted by molar-refractivity contribution is 4.86. The third-order valence-corrected chi connectivity index (χ3v) is 3.43. The van der Waals surface area contributed by atoms with Crippen molar-refractivity contribution in [2.45, 2.75) is 58.4 Å². The molecular formula is C12H23F2N. The second kappa shape index (κ2) is 5.24. The van der Waals surface area contributed by atoms with Crippen LogP contribution >= 0.6 is 0 Å². The molecule has 3 heteroatoms. The molecule has 0 radical (unpaired) electrons. The molecule has 1 nitrogen and oxygen atoms in total. The molecule has 0 aromatic rings. The molecule has 1 N–H and O–H groups in total. The van der Waals surface area contributed by atoms with Gasteiger partial charge in [-0.2, -0.15) is 0 Å².